The molecule has 21 heavy (non-hydrogen) atoms. The predicted molar refractivity (Wildman–Crippen MR) is 102 cm³/mol. The van der Waals surface area contributed by atoms with Gasteiger partial charge in [-0.05, 0) is 75.3 Å². The van der Waals surface area contributed by atoms with E-state index in [1.165, 1.54) is 24.8 Å². The maximum atomic E-state index is 6.22. The van der Waals surface area contributed by atoms with Crippen molar-refractivity contribution in [3.05, 3.63) is 67.6 Å². The van der Waals surface area contributed by atoms with Crippen LogP contribution in [0.15, 0.2) is 47.8 Å². The lowest BCUT2D eigenvalue weighted by Gasteiger charge is -2.21. The fourth-order valence-electron chi connectivity index (χ4n) is 2.57. The fraction of sp³-hybridized carbons (Fsp3) is 0.176. The Hall–Kier alpha value is -0.620. The van der Waals surface area contributed by atoms with Gasteiger partial charge in [0.05, 0.1) is 6.04 Å². The van der Waals surface area contributed by atoms with Gasteiger partial charge in [-0.15, -0.1) is 11.3 Å². The Bertz CT molecular complexity index is 768. The molecular weight excluding hydrogens is 413 g/mol. The fourth-order valence-corrected chi connectivity index (χ4v) is 4.34. The maximum absolute atomic E-state index is 6.22. The third-order valence-corrected chi connectivity index (χ3v) is 5.69. The molecule has 1 N–H and O–H groups in total. The van der Waals surface area contributed by atoms with Crippen molar-refractivity contribution in [1.29, 1.82) is 0 Å². The molecule has 1 nitrogen and oxygen atoms in total. The highest BCUT2D eigenvalue weighted by atomic mass is 127. The maximum Gasteiger partial charge on any atom is 0.0601 e. The number of nitrogens with one attached hydrogen (secondary N) is 1. The molecule has 4 heteroatoms. The van der Waals surface area contributed by atoms with Crippen LogP contribution in [-0.2, 0) is 0 Å². The largest absolute Gasteiger partial charge is 0.306 e. The van der Waals surface area contributed by atoms with Gasteiger partial charge in [-0.1, -0.05) is 36.7 Å². The summed E-state index contributed by atoms with van der Waals surface area (Å²) in [5.74, 6) is 0. The van der Waals surface area contributed by atoms with Crippen molar-refractivity contribution in [2.45, 2.75) is 13.0 Å². The first-order valence-electron chi connectivity index (χ1n) is 6.85. The van der Waals surface area contributed by atoms with Crippen molar-refractivity contribution in [1.82, 2.24) is 5.32 Å². The van der Waals surface area contributed by atoms with Gasteiger partial charge in [0.1, 0.15) is 0 Å². The molecule has 0 aliphatic heterocycles. The van der Waals surface area contributed by atoms with Crippen molar-refractivity contribution < 1.29 is 0 Å². The van der Waals surface area contributed by atoms with Crippen molar-refractivity contribution in [2.24, 2.45) is 0 Å². The summed E-state index contributed by atoms with van der Waals surface area (Å²) in [6.07, 6.45) is 0. The molecule has 1 heterocycles. The minimum atomic E-state index is 0.169. The molecule has 1 aromatic heterocycles. The first-order valence-corrected chi connectivity index (χ1v) is 9.18. The van der Waals surface area contributed by atoms with Crippen LogP contribution in [0.25, 0.3) is 10.1 Å². The average Bonchev–Trinajstić information content (AvgIpc) is 2.96. The summed E-state index contributed by atoms with van der Waals surface area (Å²) in [6, 6.07) is 15.0. The van der Waals surface area contributed by atoms with E-state index in [4.69, 9.17) is 11.6 Å². The number of rotatable bonds is 4. The normalized spacial score (nSPS) is 12.7. The molecule has 1 unspecified atom stereocenters. The molecule has 0 amide bonds. The number of benzene rings is 2. The van der Waals surface area contributed by atoms with Crippen molar-refractivity contribution in [3.8, 4) is 0 Å². The number of fused-ring (bicyclic) bond motifs is 1. The summed E-state index contributed by atoms with van der Waals surface area (Å²) in [5.41, 5.74) is 2.57. The van der Waals surface area contributed by atoms with E-state index in [1.807, 2.05) is 6.07 Å². The Morgan fingerprint density at radius 1 is 1.19 bits per heavy atom. The lowest BCUT2D eigenvalue weighted by molar-refractivity contribution is 0.632. The molecule has 0 aliphatic carbocycles. The van der Waals surface area contributed by atoms with Crippen LogP contribution in [0.5, 0.6) is 0 Å². The lowest BCUT2D eigenvalue weighted by Crippen LogP contribution is -2.23. The standard InChI is InChI=1S/C17H15ClINS/c1-2-20-16(14-10-12(18)6-7-15(14)19)13-5-3-4-11-8-9-21-17(11)13/h3-10,16,20H,2H2,1H3. The minimum Gasteiger partial charge on any atom is -0.306 e. The van der Waals surface area contributed by atoms with E-state index in [9.17, 15) is 0 Å². The molecule has 0 radical (unpaired) electrons. The first-order chi connectivity index (χ1) is 10.2. The highest BCUT2D eigenvalue weighted by molar-refractivity contribution is 14.1. The number of hydrogen-bond donors (Lipinski definition) is 1. The summed E-state index contributed by atoms with van der Waals surface area (Å²) in [5, 5.41) is 7.85. The molecule has 108 valence electrons. The van der Waals surface area contributed by atoms with Crippen LogP contribution in [0.3, 0.4) is 0 Å². The third-order valence-electron chi connectivity index (χ3n) is 3.50. The van der Waals surface area contributed by atoms with Gasteiger partial charge in [-0.2, -0.15) is 0 Å². The molecule has 0 saturated heterocycles. The van der Waals surface area contributed by atoms with Crippen LogP contribution in [0, 0.1) is 3.57 Å². The summed E-state index contributed by atoms with van der Waals surface area (Å²) in [4.78, 5) is 0. The Balaban J connectivity index is 2.18. The first kappa shape index (κ1) is 15.3. The number of thiophene rings is 1. The second kappa shape index (κ2) is 6.65. The minimum absolute atomic E-state index is 0.169. The molecule has 0 aliphatic rings. The average molecular weight is 428 g/mol. The van der Waals surface area contributed by atoms with E-state index in [1.54, 1.807) is 11.3 Å². The van der Waals surface area contributed by atoms with Crippen LogP contribution in [0.2, 0.25) is 5.02 Å². The molecule has 0 bridgehead atoms. The molecule has 3 aromatic rings. The van der Waals surface area contributed by atoms with Gasteiger partial charge in [0, 0.05) is 13.3 Å². The lowest BCUT2D eigenvalue weighted by atomic mass is 9.97. The number of halogens is 2. The Morgan fingerprint density at radius 3 is 2.86 bits per heavy atom. The molecule has 3 rings (SSSR count). The highest BCUT2D eigenvalue weighted by Crippen LogP contribution is 2.35. The Labute approximate surface area is 147 Å². The van der Waals surface area contributed by atoms with Gasteiger partial charge in [-0.25, -0.2) is 0 Å². The van der Waals surface area contributed by atoms with E-state index < -0.39 is 0 Å². The molecular formula is C17H15ClINS. The molecule has 2 aromatic carbocycles. The topological polar surface area (TPSA) is 12.0 Å². The van der Waals surface area contributed by atoms with E-state index in [0.29, 0.717) is 0 Å². The quantitative estimate of drug-likeness (QED) is 0.514. The molecule has 0 saturated carbocycles. The van der Waals surface area contributed by atoms with Crippen LogP contribution in [-0.4, -0.2) is 6.54 Å². The van der Waals surface area contributed by atoms with Gasteiger partial charge < -0.3 is 5.32 Å². The van der Waals surface area contributed by atoms with Gasteiger partial charge in [0.2, 0.25) is 0 Å². The Kier molecular flexibility index (Phi) is 4.84. The zero-order valence-electron chi connectivity index (χ0n) is 11.6. The zero-order valence-corrected chi connectivity index (χ0v) is 15.3. The van der Waals surface area contributed by atoms with E-state index in [0.717, 1.165) is 11.6 Å². The summed E-state index contributed by atoms with van der Waals surface area (Å²) < 4.78 is 2.58. The highest BCUT2D eigenvalue weighted by Gasteiger charge is 2.19. The molecule has 0 fully saturated rings. The molecule has 0 spiro atoms. The Morgan fingerprint density at radius 2 is 2.05 bits per heavy atom. The summed E-state index contributed by atoms with van der Waals surface area (Å²) in [7, 11) is 0. The van der Waals surface area contributed by atoms with Gasteiger partial charge in [0.25, 0.3) is 0 Å². The van der Waals surface area contributed by atoms with Gasteiger partial charge >= 0.3 is 0 Å². The van der Waals surface area contributed by atoms with E-state index in [-0.39, 0.29) is 6.04 Å². The second-order valence-electron chi connectivity index (χ2n) is 4.84. The second-order valence-corrected chi connectivity index (χ2v) is 7.36. The van der Waals surface area contributed by atoms with Gasteiger partial charge in [0.15, 0.2) is 0 Å². The smallest absolute Gasteiger partial charge is 0.0601 e. The predicted octanol–water partition coefficient (Wildman–Crippen LogP) is 5.86. The number of hydrogen-bond acceptors (Lipinski definition) is 2. The third kappa shape index (κ3) is 3.11. The monoisotopic (exact) mass is 427 g/mol. The van der Waals surface area contributed by atoms with Crippen LogP contribution >= 0.6 is 45.5 Å². The van der Waals surface area contributed by atoms with E-state index in [2.05, 4.69) is 76.6 Å². The van der Waals surface area contributed by atoms with Gasteiger partial charge in [-0.3, -0.25) is 0 Å². The van der Waals surface area contributed by atoms with Crippen LogP contribution in [0.1, 0.15) is 24.1 Å². The van der Waals surface area contributed by atoms with Crippen molar-refractivity contribution >= 4 is 55.6 Å². The van der Waals surface area contributed by atoms with Crippen LogP contribution in [0.4, 0.5) is 0 Å². The summed E-state index contributed by atoms with van der Waals surface area (Å²) in [6.45, 7) is 3.05. The SMILES string of the molecule is CCNC(c1cc(Cl)ccc1I)c1cccc2ccsc12. The van der Waals surface area contributed by atoms with Crippen LogP contribution < -0.4 is 5.32 Å². The van der Waals surface area contributed by atoms with E-state index >= 15 is 0 Å². The molecule has 1 atom stereocenters. The van der Waals surface area contributed by atoms with Crippen molar-refractivity contribution in [2.75, 3.05) is 6.54 Å². The zero-order chi connectivity index (χ0) is 14.8. The van der Waals surface area contributed by atoms with Crippen molar-refractivity contribution in [3.63, 3.8) is 0 Å². The summed E-state index contributed by atoms with van der Waals surface area (Å²) >= 11 is 10.4.